The predicted octanol–water partition coefficient (Wildman–Crippen LogP) is 6.64. The number of benzene rings is 3. The summed E-state index contributed by atoms with van der Waals surface area (Å²) in [6, 6.07) is 20.9. The van der Waals surface area contributed by atoms with Crippen molar-refractivity contribution in [2.24, 2.45) is 5.92 Å². The van der Waals surface area contributed by atoms with Crippen LogP contribution in [-0.4, -0.2) is 22.0 Å². The third-order valence-electron chi connectivity index (χ3n) is 6.73. The number of rotatable bonds is 5. The number of nitrogens with one attached hydrogen (secondary N) is 1. The van der Waals surface area contributed by atoms with Crippen LogP contribution in [0.2, 0.25) is 0 Å². The average molecular weight is 672 g/mol. The molecule has 3 heterocycles. The Balaban J connectivity index is 1.44. The van der Waals surface area contributed by atoms with E-state index in [-0.39, 0.29) is 16.7 Å². The molecule has 0 spiro atoms. The summed E-state index contributed by atoms with van der Waals surface area (Å²) in [6.07, 6.45) is 0. The Morgan fingerprint density at radius 1 is 0.921 bits per heavy atom. The van der Waals surface area contributed by atoms with Gasteiger partial charge in [0.1, 0.15) is 17.6 Å². The fourth-order valence-corrected chi connectivity index (χ4v) is 8.09. The van der Waals surface area contributed by atoms with Crippen LogP contribution in [0, 0.1) is 12.8 Å². The van der Waals surface area contributed by atoms with E-state index in [0.717, 1.165) is 36.3 Å². The summed E-state index contributed by atoms with van der Waals surface area (Å²) in [5.74, 6) is -1.17. The van der Waals surface area contributed by atoms with Gasteiger partial charge in [0.05, 0.1) is 16.6 Å². The number of carbonyl (C=O) groups is 2. The van der Waals surface area contributed by atoms with Crippen LogP contribution >= 0.6 is 55.0 Å². The number of hydrogen-bond donors (Lipinski definition) is 1. The van der Waals surface area contributed by atoms with Gasteiger partial charge in [-0.05, 0) is 55.0 Å². The van der Waals surface area contributed by atoms with Crippen LogP contribution in [-0.2, 0) is 16.2 Å². The second kappa shape index (κ2) is 10.1. The molecule has 2 amide bonds. The Morgan fingerprint density at radius 2 is 1.63 bits per heavy atom. The molecule has 10 heteroatoms. The summed E-state index contributed by atoms with van der Waals surface area (Å²) in [7, 11) is 0. The number of carbonyl (C=O) groups excluding carboxylic acids is 2. The Bertz CT molecular complexity index is 1620. The Labute approximate surface area is 243 Å². The highest BCUT2D eigenvalue weighted by molar-refractivity contribution is 9.10. The van der Waals surface area contributed by atoms with Crippen LogP contribution in [0.15, 0.2) is 85.5 Å². The quantitative estimate of drug-likeness (QED) is 0.241. The largest absolute Gasteiger partial charge is 0.489 e. The van der Waals surface area contributed by atoms with Crippen LogP contribution < -0.4 is 14.5 Å². The van der Waals surface area contributed by atoms with E-state index < -0.39 is 17.1 Å². The maximum atomic E-state index is 14.0. The molecule has 3 aromatic carbocycles. The standard InChI is InChI=1S/C28H20Br2N2O4S2/c1-14-2-4-15(5-3-14)13-36-20-11-8-17(30)12-19(20)21-22-24(37-25-23(21)38-28(35)31-25)27(34)32(26(22)33)18-9-6-16(29)7-10-18/h2-12,21-22,24H,13H2,1H3,(H,31,35)/t21-,22?,24?/m1/s1. The van der Waals surface area contributed by atoms with Gasteiger partial charge < -0.3 is 9.72 Å². The molecule has 192 valence electrons. The van der Waals surface area contributed by atoms with E-state index in [9.17, 15) is 14.4 Å². The van der Waals surface area contributed by atoms with Crippen molar-refractivity contribution in [3.8, 4) is 5.75 Å². The first kappa shape index (κ1) is 25.6. The zero-order valence-electron chi connectivity index (χ0n) is 19.9. The van der Waals surface area contributed by atoms with Crippen molar-refractivity contribution in [2.45, 2.75) is 29.7 Å². The molecule has 2 aliphatic heterocycles. The van der Waals surface area contributed by atoms with E-state index in [2.05, 4.69) is 36.8 Å². The lowest BCUT2D eigenvalue weighted by Gasteiger charge is -2.31. The van der Waals surface area contributed by atoms with Gasteiger partial charge in [-0.2, -0.15) is 0 Å². The lowest BCUT2D eigenvalue weighted by Crippen LogP contribution is -2.32. The maximum Gasteiger partial charge on any atom is 0.305 e. The third-order valence-corrected chi connectivity index (χ3v) is 10.2. The number of H-pyrrole nitrogens is 1. The van der Waals surface area contributed by atoms with E-state index >= 15 is 0 Å². The number of ether oxygens (including phenoxy) is 1. The zero-order chi connectivity index (χ0) is 26.6. The number of thioether (sulfide) groups is 1. The normalized spacial score (nSPS) is 20.4. The van der Waals surface area contributed by atoms with E-state index in [1.165, 1.54) is 22.2 Å². The molecule has 1 N–H and O–H groups in total. The van der Waals surface area contributed by atoms with Gasteiger partial charge in [-0.1, -0.05) is 84.8 Å². The first-order valence-corrected chi connectivity index (χ1v) is 15.1. The van der Waals surface area contributed by atoms with Crippen LogP contribution in [0.1, 0.15) is 27.5 Å². The van der Waals surface area contributed by atoms with Crippen molar-refractivity contribution in [3.05, 3.63) is 107 Å². The van der Waals surface area contributed by atoms with Gasteiger partial charge in [0.2, 0.25) is 11.8 Å². The Hall–Kier alpha value is -2.66. The second-order valence-corrected chi connectivity index (χ2v) is 13.2. The molecule has 6 rings (SSSR count). The SMILES string of the molecule is Cc1ccc(COc2ccc(Br)cc2[C@H]2c3sc(=O)[nH]c3SC3C(=O)N(c4ccc(Br)cc4)C(=O)C32)cc1. The van der Waals surface area contributed by atoms with Gasteiger partial charge in [-0.3, -0.25) is 14.4 Å². The summed E-state index contributed by atoms with van der Waals surface area (Å²) in [6.45, 7) is 2.38. The number of imide groups is 1. The van der Waals surface area contributed by atoms with Gasteiger partial charge in [-0.15, -0.1) is 0 Å². The highest BCUT2D eigenvalue weighted by atomic mass is 79.9. The fraction of sp³-hybridized carbons (Fsp3) is 0.179. The van der Waals surface area contributed by atoms with Gasteiger partial charge in [-0.25, -0.2) is 4.90 Å². The molecule has 0 saturated carbocycles. The van der Waals surface area contributed by atoms with Crippen LogP contribution in [0.25, 0.3) is 0 Å². The maximum absolute atomic E-state index is 14.0. The number of anilines is 1. The van der Waals surface area contributed by atoms with Gasteiger partial charge in [0.25, 0.3) is 0 Å². The van der Waals surface area contributed by atoms with E-state index in [0.29, 0.717) is 23.1 Å². The number of aryl methyl sites for hydroxylation is 1. The van der Waals surface area contributed by atoms with Crippen molar-refractivity contribution in [1.29, 1.82) is 0 Å². The van der Waals surface area contributed by atoms with Crippen molar-refractivity contribution in [1.82, 2.24) is 4.98 Å². The minimum absolute atomic E-state index is 0.214. The number of hydrogen-bond acceptors (Lipinski definition) is 6. The number of amides is 2. The van der Waals surface area contributed by atoms with Gasteiger partial charge in [0, 0.05) is 25.3 Å². The van der Waals surface area contributed by atoms with Gasteiger partial charge >= 0.3 is 4.87 Å². The number of halogens is 2. The van der Waals surface area contributed by atoms with Gasteiger partial charge in [0.15, 0.2) is 0 Å². The van der Waals surface area contributed by atoms with Crippen molar-refractivity contribution >= 4 is 72.5 Å². The summed E-state index contributed by atoms with van der Waals surface area (Å²) >= 11 is 9.33. The first-order chi connectivity index (χ1) is 18.3. The molecule has 6 nitrogen and oxygen atoms in total. The highest BCUT2D eigenvalue weighted by Gasteiger charge is 2.56. The number of thiazole rings is 1. The molecule has 4 aromatic rings. The number of fused-ring (bicyclic) bond motifs is 2. The summed E-state index contributed by atoms with van der Waals surface area (Å²) in [5, 5.41) is -0.0349. The summed E-state index contributed by atoms with van der Waals surface area (Å²) in [4.78, 5) is 44.8. The van der Waals surface area contributed by atoms with Crippen LogP contribution in [0.3, 0.4) is 0 Å². The molecule has 2 unspecified atom stereocenters. The minimum atomic E-state index is -0.689. The number of aromatic nitrogens is 1. The number of nitrogens with zero attached hydrogens (tertiary/aromatic N) is 1. The topological polar surface area (TPSA) is 79.5 Å². The monoisotopic (exact) mass is 670 g/mol. The number of aromatic amines is 1. The summed E-state index contributed by atoms with van der Waals surface area (Å²) < 4.78 is 7.97. The van der Waals surface area contributed by atoms with E-state index in [4.69, 9.17) is 4.74 Å². The molecule has 1 aromatic heterocycles. The fourth-order valence-electron chi connectivity index (χ4n) is 4.94. The van der Waals surface area contributed by atoms with Crippen molar-refractivity contribution in [2.75, 3.05) is 4.90 Å². The van der Waals surface area contributed by atoms with Crippen molar-refractivity contribution < 1.29 is 14.3 Å². The van der Waals surface area contributed by atoms with E-state index in [1.807, 2.05) is 61.5 Å². The molecule has 2 aliphatic rings. The third kappa shape index (κ3) is 4.57. The molecule has 1 saturated heterocycles. The molecule has 3 atom stereocenters. The molecule has 0 bridgehead atoms. The molecule has 0 aliphatic carbocycles. The Kier molecular flexibility index (Phi) is 6.84. The molecular formula is C28H20Br2N2O4S2. The zero-order valence-corrected chi connectivity index (χ0v) is 24.7. The Morgan fingerprint density at radius 3 is 2.37 bits per heavy atom. The first-order valence-electron chi connectivity index (χ1n) is 11.8. The highest BCUT2D eigenvalue weighted by Crippen LogP contribution is 2.54. The molecule has 0 radical (unpaired) electrons. The molecular weight excluding hydrogens is 652 g/mol. The van der Waals surface area contributed by atoms with E-state index in [1.54, 1.807) is 12.1 Å². The van der Waals surface area contributed by atoms with Crippen molar-refractivity contribution in [3.63, 3.8) is 0 Å². The second-order valence-electron chi connectivity index (χ2n) is 9.19. The average Bonchev–Trinajstić information content (AvgIpc) is 3.39. The lowest BCUT2D eigenvalue weighted by atomic mass is 9.82. The molecule has 1 fully saturated rings. The van der Waals surface area contributed by atoms with Crippen LogP contribution in [0.5, 0.6) is 5.75 Å². The molecule has 38 heavy (non-hydrogen) atoms. The van der Waals surface area contributed by atoms with Crippen LogP contribution in [0.4, 0.5) is 5.69 Å². The smallest absolute Gasteiger partial charge is 0.305 e. The minimum Gasteiger partial charge on any atom is -0.489 e. The summed E-state index contributed by atoms with van der Waals surface area (Å²) in [5.41, 5.74) is 3.47. The predicted molar refractivity (Wildman–Crippen MR) is 156 cm³/mol. The lowest BCUT2D eigenvalue weighted by molar-refractivity contribution is -0.122.